The standard InChI is InChI=1S/C14H18N2O5/c1-10(17)21-14(2,3)9-15-13(18)8-11-4-6-12(7-5-11)16(19)20/h4-7H,8-9H2,1-3H3,(H,15,18). The Balaban J connectivity index is 2.50. The first-order valence-corrected chi connectivity index (χ1v) is 6.39. The van der Waals surface area contributed by atoms with Crippen molar-refractivity contribution in [1.82, 2.24) is 5.32 Å². The Labute approximate surface area is 122 Å². The van der Waals surface area contributed by atoms with E-state index in [1.165, 1.54) is 31.2 Å². The van der Waals surface area contributed by atoms with Gasteiger partial charge in [0.15, 0.2) is 0 Å². The zero-order chi connectivity index (χ0) is 16.0. The predicted octanol–water partition coefficient (Wildman–Crippen LogP) is 1.60. The third-order valence-corrected chi connectivity index (χ3v) is 2.64. The monoisotopic (exact) mass is 294 g/mol. The van der Waals surface area contributed by atoms with Crippen LogP contribution in [0.3, 0.4) is 0 Å². The molecule has 0 bridgehead atoms. The van der Waals surface area contributed by atoms with Gasteiger partial charge in [0.2, 0.25) is 5.91 Å². The van der Waals surface area contributed by atoms with Crippen LogP contribution in [0.1, 0.15) is 26.3 Å². The normalized spacial score (nSPS) is 10.8. The second-order valence-electron chi connectivity index (χ2n) is 5.23. The summed E-state index contributed by atoms with van der Waals surface area (Å²) in [5, 5.41) is 13.2. The van der Waals surface area contributed by atoms with Crippen molar-refractivity contribution in [3.05, 3.63) is 39.9 Å². The molecule has 0 heterocycles. The zero-order valence-corrected chi connectivity index (χ0v) is 12.2. The Bertz CT molecular complexity index is 537. The number of nitrogens with one attached hydrogen (secondary N) is 1. The Morgan fingerprint density at radius 3 is 2.33 bits per heavy atom. The number of non-ortho nitro benzene ring substituents is 1. The van der Waals surface area contributed by atoms with E-state index in [1.54, 1.807) is 13.8 Å². The van der Waals surface area contributed by atoms with Gasteiger partial charge in [-0.1, -0.05) is 12.1 Å². The molecule has 7 nitrogen and oxygen atoms in total. The zero-order valence-electron chi connectivity index (χ0n) is 12.2. The SMILES string of the molecule is CC(=O)OC(C)(C)CNC(=O)Cc1ccc([N+](=O)[O-])cc1. The summed E-state index contributed by atoms with van der Waals surface area (Å²) in [7, 11) is 0. The summed E-state index contributed by atoms with van der Waals surface area (Å²) in [5.74, 6) is -0.659. The van der Waals surface area contributed by atoms with Gasteiger partial charge in [-0.15, -0.1) is 0 Å². The molecule has 0 spiro atoms. The molecule has 114 valence electrons. The minimum Gasteiger partial charge on any atom is -0.458 e. The van der Waals surface area contributed by atoms with Gasteiger partial charge in [-0.2, -0.15) is 0 Å². The summed E-state index contributed by atoms with van der Waals surface area (Å²) in [6.07, 6.45) is 0.105. The van der Waals surface area contributed by atoms with Gasteiger partial charge in [-0.3, -0.25) is 19.7 Å². The first kappa shape index (κ1) is 16.6. The number of hydrogen-bond acceptors (Lipinski definition) is 5. The van der Waals surface area contributed by atoms with Crippen LogP contribution in [0.4, 0.5) is 5.69 Å². The molecular weight excluding hydrogens is 276 g/mol. The number of esters is 1. The summed E-state index contributed by atoms with van der Waals surface area (Å²) in [4.78, 5) is 32.7. The van der Waals surface area contributed by atoms with E-state index >= 15 is 0 Å². The smallest absolute Gasteiger partial charge is 0.303 e. The average Bonchev–Trinajstić information content (AvgIpc) is 2.36. The van der Waals surface area contributed by atoms with Gasteiger partial charge < -0.3 is 10.1 Å². The molecule has 0 saturated carbocycles. The highest BCUT2D eigenvalue weighted by atomic mass is 16.6. The molecule has 0 atom stereocenters. The molecule has 0 aliphatic rings. The lowest BCUT2D eigenvalue weighted by molar-refractivity contribution is -0.384. The van der Waals surface area contributed by atoms with Crippen LogP contribution in [0.2, 0.25) is 0 Å². The van der Waals surface area contributed by atoms with Gasteiger partial charge in [0.25, 0.3) is 5.69 Å². The van der Waals surface area contributed by atoms with E-state index in [4.69, 9.17) is 4.74 Å². The van der Waals surface area contributed by atoms with Crippen molar-refractivity contribution >= 4 is 17.6 Å². The fourth-order valence-corrected chi connectivity index (χ4v) is 1.72. The molecule has 0 radical (unpaired) electrons. The number of benzene rings is 1. The van der Waals surface area contributed by atoms with Gasteiger partial charge in [-0.05, 0) is 19.4 Å². The van der Waals surface area contributed by atoms with Gasteiger partial charge in [0, 0.05) is 19.1 Å². The van der Waals surface area contributed by atoms with Crippen molar-refractivity contribution in [2.45, 2.75) is 32.8 Å². The van der Waals surface area contributed by atoms with Gasteiger partial charge in [0.05, 0.1) is 17.9 Å². The molecule has 21 heavy (non-hydrogen) atoms. The first-order chi connectivity index (χ1) is 9.69. The third-order valence-electron chi connectivity index (χ3n) is 2.64. The molecular formula is C14H18N2O5. The summed E-state index contributed by atoms with van der Waals surface area (Å²) >= 11 is 0. The second kappa shape index (κ2) is 6.83. The number of amides is 1. The van der Waals surface area contributed by atoms with Crippen molar-refractivity contribution < 1.29 is 19.2 Å². The van der Waals surface area contributed by atoms with Gasteiger partial charge in [0.1, 0.15) is 5.60 Å². The number of hydrogen-bond donors (Lipinski definition) is 1. The quantitative estimate of drug-likeness (QED) is 0.488. The Hall–Kier alpha value is -2.44. The Kier molecular flexibility index (Phi) is 5.40. The van der Waals surface area contributed by atoms with Crippen LogP contribution >= 0.6 is 0 Å². The molecule has 0 aliphatic heterocycles. The average molecular weight is 294 g/mol. The molecule has 0 aliphatic carbocycles. The number of nitro benzene ring substituents is 1. The van der Waals surface area contributed by atoms with Gasteiger partial charge >= 0.3 is 5.97 Å². The fourth-order valence-electron chi connectivity index (χ4n) is 1.72. The number of nitro groups is 1. The van der Waals surface area contributed by atoms with E-state index in [9.17, 15) is 19.7 Å². The highest BCUT2D eigenvalue weighted by Crippen LogP contribution is 2.12. The minimum atomic E-state index is -0.781. The van der Waals surface area contributed by atoms with E-state index in [0.29, 0.717) is 5.56 Å². The maximum absolute atomic E-state index is 11.8. The van der Waals surface area contributed by atoms with Crippen LogP contribution in [0.25, 0.3) is 0 Å². The number of rotatable bonds is 6. The van der Waals surface area contributed by atoms with Crippen LogP contribution in [0.15, 0.2) is 24.3 Å². The number of carbonyl (C=O) groups is 2. The van der Waals surface area contributed by atoms with E-state index in [2.05, 4.69) is 5.32 Å². The summed E-state index contributed by atoms with van der Waals surface area (Å²) < 4.78 is 5.05. The van der Waals surface area contributed by atoms with Crippen molar-refractivity contribution in [3.8, 4) is 0 Å². The Morgan fingerprint density at radius 1 is 1.29 bits per heavy atom. The predicted molar refractivity (Wildman–Crippen MR) is 75.7 cm³/mol. The number of carbonyl (C=O) groups excluding carboxylic acids is 2. The number of ether oxygens (including phenoxy) is 1. The summed E-state index contributed by atoms with van der Waals surface area (Å²) in [6, 6.07) is 5.78. The molecule has 0 unspecified atom stereocenters. The largest absolute Gasteiger partial charge is 0.458 e. The van der Waals surface area contributed by atoms with E-state index < -0.39 is 16.5 Å². The molecule has 1 aromatic carbocycles. The first-order valence-electron chi connectivity index (χ1n) is 6.39. The lowest BCUT2D eigenvalue weighted by Gasteiger charge is -2.24. The van der Waals surface area contributed by atoms with Crippen LogP contribution in [0, 0.1) is 10.1 Å². The topological polar surface area (TPSA) is 98.5 Å². The second-order valence-corrected chi connectivity index (χ2v) is 5.23. The van der Waals surface area contributed by atoms with Gasteiger partial charge in [-0.25, -0.2) is 0 Å². The summed E-state index contributed by atoms with van der Waals surface area (Å²) in [6.45, 7) is 4.89. The highest BCUT2D eigenvalue weighted by Gasteiger charge is 2.21. The lowest BCUT2D eigenvalue weighted by Crippen LogP contribution is -2.41. The van der Waals surface area contributed by atoms with E-state index in [0.717, 1.165) is 0 Å². The van der Waals surface area contributed by atoms with Crippen LogP contribution in [0.5, 0.6) is 0 Å². The Morgan fingerprint density at radius 2 is 1.86 bits per heavy atom. The van der Waals surface area contributed by atoms with Crippen LogP contribution < -0.4 is 5.32 Å². The number of nitrogens with zero attached hydrogens (tertiary/aromatic N) is 1. The molecule has 1 rings (SSSR count). The highest BCUT2D eigenvalue weighted by molar-refractivity contribution is 5.78. The molecule has 0 saturated heterocycles. The summed E-state index contributed by atoms with van der Waals surface area (Å²) in [5.41, 5.74) is -0.129. The fraction of sp³-hybridized carbons (Fsp3) is 0.429. The van der Waals surface area contributed by atoms with Crippen LogP contribution in [-0.2, 0) is 20.7 Å². The van der Waals surface area contributed by atoms with Crippen molar-refractivity contribution in [1.29, 1.82) is 0 Å². The maximum Gasteiger partial charge on any atom is 0.303 e. The van der Waals surface area contributed by atoms with E-state index in [1.807, 2.05) is 0 Å². The molecule has 1 N–H and O–H groups in total. The van der Waals surface area contributed by atoms with Crippen molar-refractivity contribution in [2.75, 3.05) is 6.54 Å². The van der Waals surface area contributed by atoms with Crippen molar-refractivity contribution in [3.63, 3.8) is 0 Å². The molecule has 1 aromatic rings. The van der Waals surface area contributed by atoms with Crippen LogP contribution in [-0.4, -0.2) is 28.9 Å². The molecule has 0 fully saturated rings. The molecule has 7 heteroatoms. The third kappa shape index (κ3) is 6.03. The molecule has 1 amide bonds. The maximum atomic E-state index is 11.8. The lowest BCUT2D eigenvalue weighted by atomic mass is 10.1. The van der Waals surface area contributed by atoms with E-state index in [-0.39, 0.29) is 24.6 Å². The minimum absolute atomic E-state index is 0.0184. The molecule has 0 aromatic heterocycles. The van der Waals surface area contributed by atoms with Crippen molar-refractivity contribution in [2.24, 2.45) is 0 Å².